The molecule has 0 atom stereocenters. The number of aromatic nitrogens is 2. The van der Waals surface area contributed by atoms with Crippen LogP contribution in [0.2, 0.25) is 0 Å². The molecule has 1 aliphatic rings. The van der Waals surface area contributed by atoms with Crippen LogP contribution in [0.25, 0.3) is 10.2 Å². The molecule has 7 nitrogen and oxygen atoms in total. The van der Waals surface area contributed by atoms with Crippen LogP contribution in [0.3, 0.4) is 0 Å². The van der Waals surface area contributed by atoms with E-state index in [0.717, 1.165) is 33.8 Å². The maximum absolute atomic E-state index is 12.9. The number of thioether (sulfide) groups is 1. The molecule has 3 heterocycles. The zero-order valence-corrected chi connectivity index (χ0v) is 18.3. The van der Waals surface area contributed by atoms with E-state index in [-0.39, 0.29) is 10.7 Å². The monoisotopic (exact) mass is 439 g/mol. The average Bonchev–Trinajstić information content (AvgIpc) is 3.28. The first kappa shape index (κ1) is 19.7. The second-order valence-corrected chi connectivity index (χ2v) is 11.1. The maximum atomic E-state index is 12.9. The Bertz CT molecular complexity index is 1200. The Balaban J connectivity index is 1.62. The largest absolute Gasteiger partial charge is 0.447 e. The number of hydrogen-bond donors (Lipinski definition) is 0. The van der Waals surface area contributed by atoms with Crippen molar-refractivity contribution in [2.24, 2.45) is 7.05 Å². The first-order valence-corrected chi connectivity index (χ1v) is 12.2. The molecule has 0 spiro atoms. The molecule has 10 heteroatoms. The molecule has 0 saturated carbocycles. The van der Waals surface area contributed by atoms with Crippen molar-refractivity contribution in [3.8, 4) is 0 Å². The van der Waals surface area contributed by atoms with Crippen LogP contribution >= 0.6 is 23.1 Å². The van der Waals surface area contributed by atoms with Gasteiger partial charge in [-0.15, -0.1) is 11.3 Å². The van der Waals surface area contributed by atoms with Gasteiger partial charge in [-0.25, -0.2) is 17.7 Å². The molecule has 0 fully saturated rings. The van der Waals surface area contributed by atoms with Crippen molar-refractivity contribution in [1.82, 2.24) is 13.9 Å². The molecule has 1 aliphatic carbocycles. The quantitative estimate of drug-likeness (QED) is 0.449. The van der Waals surface area contributed by atoms with Crippen molar-refractivity contribution < 1.29 is 12.8 Å². The molecule has 28 heavy (non-hydrogen) atoms. The lowest BCUT2D eigenvalue weighted by Crippen LogP contribution is -2.21. The predicted molar refractivity (Wildman–Crippen MR) is 111 cm³/mol. The third-order valence-corrected chi connectivity index (χ3v) is 8.80. The van der Waals surface area contributed by atoms with Crippen LogP contribution < -0.4 is 5.56 Å². The first-order valence-electron chi connectivity index (χ1n) is 8.94. The van der Waals surface area contributed by atoms with Gasteiger partial charge in [-0.1, -0.05) is 11.8 Å². The van der Waals surface area contributed by atoms with E-state index in [9.17, 15) is 13.2 Å². The molecular formula is C18H21N3O4S3. The average molecular weight is 440 g/mol. The molecule has 150 valence electrons. The van der Waals surface area contributed by atoms with Crippen LogP contribution in [0.4, 0.5) is 0 Å². The van der Waals surface area contributed by atoms with Crippen LogP contribution in [0, 0.1) is 0 Å². The van der Waals surface area contributed by atoms with Gasteiger partial charge in [0.15, 0.2) is 5.16 Å². The smallest absolute Gasteiger partial charge is 0.275 e. The maximum Gasteiger partial charge on any atom is 0.275 e. The van der Waals surface area contributed by atoms with Crippen LogP contribution in [0.15, 0.2) is 31.6 Å². The van der Waals surface area contributed by atoms with Gasteiger partial charge in [0.05, 0.1) is 11.1 Å². The Kier molecular flexibility index (Phi) is 5.15. The van der Waals surface area contributed by atoms with Crippen molar-refractivity contribution in [2.45, 2.75) is 41.7 Å². The topological polar surface area (TPSA) is 85.4 Å². The van der Waals surface area contributed by atoms with Crippen molar-refractivity contribution >= 4 is 43.3 Å². The molecule has 3 aromatic rings. The zero-order valence-electron chi connectivity index (χ0n) is 15.9. The van der Waals surface area contributed by atoms with E-state index in [1.54, 1.807) is 29.0 Å². The number of furan rings is 1. The SMILES string of the molecule is CN(C)S(=O)(=O)c1ccc(CSc2nc3sc4c(c3c(=O)n2C)CCCC4)o1. The van der Waals surface area contributed by atoms with E-state index >= 15 is 0 Å². The number of hydrogen-bond acceptors (Lipinski definition) is 7. The Morgan fingerprint density at radius 1 is 1.29 bits per heavy atom. The lowest BCUT2D eigenvalue weighted by atomic mass is 9.97. The van der Waals surface area contributed by atoms with Gasteiger partial charge < -0.3 is 4.42 Å². The normalized spacial score (nSPS) is 14.7. The van der Waals surface area contributed by atoms with Gasteiger partial charge in [0.25, 0.3) is 15.6 Å². The molecule has 0 aromatic carbocycles. The summed E-state index contributed by atoms with van der Waals surface area (Å²) in [5.74, 6) is 0.907. The van der Waals surface area contributed by atoms with E-state index in [1.165, 1.54) is 48.8 Å². The van der Waals surface area contributed by atoms with Crippen molar-refractivity contribution in [2.75, 3.05) is 14.1 Å². The summed E-state index contributed by atoms with van der Waals surface area (Å²) in [7, 11) is 1.05. The summed E-state index contributed by atoms with van der Waals surface area (Å²) >= 11 is 2.99. The Morgan fingerprint density at radius 3 is 2.79 bits per heavy atom. The lowest BCUT2D eigenvalue weighted by Gasteiger charge is -2.10. The number of sulfonamides is 1. The standard InChI is InChI=1S/C18H21N3O4S3/c1-20(2)28(23,24)14-9-8-11(25-14)10-26-18-19-16-15(17(22)21(18)3)12-6-4-5-7-13(12)27-16/h8-9H,4-7,10H2,1-3H3. The molecule has 0 unspecified atom stereocenters. The molecule has 3 aromatic heterocycles. The Labute approximate surface area is 171 Å². The summed E-state index contributed by atoms with van der Waals surface area (Å²) in [6.45, 7) is 0. The Hall–Kier alpha value is -1.62. The summed E-state index contributed by atoms with van der Waals surface area (Å²) in [6, 6.07) is 3.10. The van der Waals surface area contributed by atoms with Gasteiger partial charge in [-0.2, -0.15) is 0 Å². The van der Waals surface area contributed by atoms with E-state index in [2.05, 4.69) is 0 Å². The Morgan fingerprint density at radius 2 is 2.04 bits per heavy atom. The molecule has 0 aliphatic heterocycles. The van der Waals surface area contributed by atoms with Crippen molar-refractivity contribution in [3.05, 3.63) is 38.7 Å². The van der Waals surface area contributed by atoms with Crippen molar-refractivity contribution in [1.29, 1.82) is 0 Å². The number of rotatable bonds is 5. The summed E-state index contributed by atoms with van der Waals surface area (Å²) < 4.78 is 32.4. The molecular weight excluding hydrogens is 418 g/mol. The van der Waals surface area contributed by atoms with Crippen LogP contribution in [0.1, 0.15) is 29.0 Å². The molecule has 0 saturated heterocycles. The van der Waals surface area contributed by atoms with Gasteiger partial charge >= 0.3 is 0 Å². The highest BCUT2D eigenvalue weighted by molar-refractivity contribution is 7.98. The van der Waals surface area contributed by atoms with E-state index < -0.39 is 10.0 Å². The summed E-state index contributed by atoms with van der Waals surface area (Å²) in [5, 5.41) is 1.28. The fourth-order valence-corrected chi connectivity index (χ4v) is 6.27. The van der Waals surface area contributed by atoms with Crippen LogP contribution in [-0.4, -0.2) is 36.4 Å². The van der Waals surface area contributed by atoms with Gasteiger partial charge in [0.2, 0.25) is 5.09 Å². The van der Waals surface area contributed by atoms with Crippen LogP contribution in [0.5, 0.6) is 0 Å². The first-order chi connectivity index (χ1) is 13.3. The van der Waals surface area contributed by atoms with E-state index in [1.807, 2.05) is 0 Å². The molecule has 4 rings (SSSR count). The highest BCUT2D eigenvalue weighted by atomic mass is 32.2. The zero-order chi connectivity index (χ0) is 20.1. The third-order valence-electron chi connectivity index (χ3n) is 4.87. The summed E-state index contributed by atoms with van der Waals surface area (Å²) in [5.41, 5.74) is 1.17. The second kappa shape index (κ2) is 7.33. The molecule has 0 N–H and O–H groups in total. The number of thiophene rings is 1. The number of fused-ring (bicyclic) bond motifs is 3. The minimum absolute atomic E-state index is 0.0118. The summed E-state index contributed by atoms with van der Waals surface area (Å²) in [4.78, 5) is 19.7. The fraction of sp³-hybridized carbons (Fsp3) is 0.444. The number of nitrogens with zero attached hydrogens (tertiary/aromatic N) is 3. The van der Waals surface area contributed by atoms with Gasteiger partial charge in [-0.3, -0.25) is 9.36 Å². The minimum atomic E-state index is -3.60. The minimum Gasteiger partial charge on any atom is -0.447 e. The highest BCUT2D eigenvalue weighted by Gasteiger charge is 2.23. The number of aryl methyl sites for hydroxylation is 2. The molecule has 0 amide bonds. The van der Waals surface area contributed by atoms with E-state index in [4.69, 9.17) is 9.40 Å². The van der Waals surface area contributed by atoms with E-state index in [0.29, 0.717) is 16.7 Å². The van der Waals surface area contributed by atoms with Crippen LogP contribution in [-0.2, 0) is 35.7 Å². The molecule has 0 bridgehead atoms. The van der Waals surface area contributed by atoms with Gasteiger partial charge in [0.1, 0.15) is 10.6 Å². The highest BCUT2D eigenvalue weighted by Crippen LogP contribution is 2.35. The second-order valence-electron chi connectivity index (χ2n) is 6.95. The summed E-state index contributed by atoms with van der Waals surface area (Å²) in [6.07, 6.45) is 4.26. The fourth-order valence-electron chi connectivity index (χ4n) is 3.29. The molecule has 0 radical (unpaired) electrons. The lowest BCUT2D eigenvalue weighted by molar-refractivity contribution is 0.408. The van der Waals surface area contributed by atoms with Gasteiger partial charge in [0, 0.05) is 26.0 Å². The van der Waals surface area contributed by atoms with Crippen molar-refractivity contribution in [3.63, 3.8) is 0 Å². The van der Waals surface area contributed by atoms with Gasteiger partial charge in [-0.05, 0) is 43.4 Å². The third kappa shape index (κ3) is 3.32. The predicted octanol–water partition coefficient (Wildman–Crippen LogP) is 3.01.